The molecule has 3 N–H and O–H groups in total. The van der Waals surface area contributed by atoms with E-state index in [9.17, 15) is 4.79 Å². The summed E-state index contributed by atoms with van der Waals surface area (Å²) in [4.78, 5) is 11.2. The third-order valence-electron chi connectivity index (χ3n) is 1.72. The topological polar surface area (TPSA) is 64.3 Å². The van der Waals surface area contributed by atoms with E-state index in [1.54, 1.807) is 0 Å². The van der Waals surface area contributed by atoms with Crippen LogP contribution < -0.4 is 11.3 Å². The van der Waals surface area contributed by atoms with Gasteiger partial charge in [-0.05, 0) is 5.56 Å². The van der Waals surface area contributed by atoms with Crippen LogP contribution in [-0.4, -0.2) is 13.0 Å². The first-order valence-electron chi connectivity index (χ1n) is 3.87. The van der Waals surface area contributed by atoms with Gasteiger partial charge in [-0.25, -0.2) is 5.84 Å². The second kappa shape index (κ2) is 4.59. The van der Waals surface area contributed by atoms with Gasteiger partial charge in [-0.3, -0.25) is 10.2 Å². The first kappa shape index (κ1) is 9.70. The summed E-state index contributed by atoms with van der Waals surface area (Å²) in [7, 11) is 1.47. The molecule has 0 saturated carbocycles. The highest BCUT2D eigenvalue weighted by molar-refractivity contribution is 5.81. The molecular formula is C9H12N2O2. The summed E-state index contributed by atoms with van der Waals surface area (Å²) < 4.78 is 5.00. The lowest BCUT2D eigenvalue weighted by molar-refractivity contribution is -0.131. The van der Waals surface area contributed by atoms with E-state index < -0.39 is 6.10 Å². The predicted octanol–water partition coefficient (Wildman–Crippen LogP) is 0.364. The highest BCUT2D eigenvalue weighted by Gasteiger charge is 2.17. The van der Waals surface area contributed by atoms with E-state index in [-0.39, 0.29) is 5.91 Å². The molecule has 0 fully saturated rings. The van der Waals surface area contributed by atoms with Gasteiger partial charge in [-0.15, -0.1) is 0 Å². The van der Waals surface area contributed by atoms with Crippen molar-refractivity contribution in [2.24, 2.45) is 5.84 Å². The van der Waals surface area contributed by atoms with Gasteiger partial charge in [0.25, 0.3) is 5.91 Å². The maximum atomic E-state index is 11.2. The van der Waals surface area contributed by atoms with Crippen LogP contribution in [-0.2, 0) is 9.53 Å². The summed E-state index contributed by atoms with van der Waals surface area (Å²) in [5.41, 5.74) is 2.84. The average molecular weight is 180 g/mol. The minimum Gasteiger partial charge on any atom is -0.367 e. The van der Waals surface area contributed by atoms with Crippen LogP contribution in [0, 0.1) is 0 Å². The Morgan fingerprint density at radius 1 is 1.46 bits per heavy atom. The molecule has 0 bridgehead atoms. The molecule has 0 unspecified atom stereocenters. The molecule has 0 saturated heterocycles. The largest absolute Gasteiger partial charge is 0.367 e. The molecule has 0 spiro atoms. The smallest absolute Gasteiger partial charge is 0.267 e. The summed E-state index contributed by atoms with van der Waals surface area (Å²) >= 11 is 0. The van der Waals surface area contributed by atoms with Crippen LogP contribution in [0.1, 0.15) is 11.7 Å². The van der Waals surface area contributed by atoms with Crippen molar-refractivity contribution in [3.8, 4) is 0 Å². The number of carbonyl (C=O) groups excluding carboxylic acids is 1. The van der Waals surface area contributed by atoms with Gasteiger partial charge in [-0.2, -0.15) is 0 Å². The summed E-state index contributed by atoms with van der Waals surface area (Å²) in [6.07, 6.45) is -0.633. The van der Waals surface area contributed by atoms with Gasteiger partial charge >= 0.3 is 0 Å². The van der Waals surface area contributed by atoms with Crippen molar-refractivity contribution in [2.45, 2.75) is 6.10 Å². The zero-order valence-electron chi connectivity index (χ0n) is 7.36. The Bertz CT molecular complexity index is 274. The van der Waals surface area contributed by atoms with Gasteiger partial charge in [0.1, 0.15) is 0 Å². The lowest BCUT2D eigenvalue weighted by Crippen LogP contribution is -2.35. The van der Waals surface area contributed by atoms with Crippen LogP contribution in [0.4, 0.5) is 0 Å². The van der Waals surface area contributed by atoms with E-state index in [0.717, 1.165) is 5.56 Å². The summed E-state index contributed by atoms with van der Waals surface area (Å²) in [5.74, 6) is 4.65. The highest BCUT2D eigenvalue weighted by Crippen LogP contribution is 2.15. The number of ether oxygens (including phenoxy) is 1. The number of hydrogen-bond donors (Lipinski definition) is 2. The Morgan fingerprint density at radius 3 is 2.54 bits per heavy atom. The molecule has 13 heavy (non-hydrogen) atoms. The Kier molecular flexibility index (Phi) is 3.42. The minimum absolute atomic E-state index is 0.353. The molecule has 1 rings (SSSR count). The van der Waals surface area contributed by atoms with E-state index in [1.807, 2.05) is 30.3 Å². The zero-order valence-corrected chi connectivity index (χ0v) is 7.36. The Morgan fingerprint density at radius 2 is 2.08 bits per heavy atom. The summed E-state index contributed by atoms with van der Waals surface area (Å²) in [6.45, 7) is 0. The monoisotopic (exact) mass is 180 g/mol. The van der Waals surface area contributed by atoms with E-state index in [1.165, 1.54) is 7.11 Å². The highest BCUT2D eigenvalue weighted by atomic mass is 16.5. The maximum Gasteiger partial charge on any atom is 0.267 e. The SMILES string of the molecule is CO[C@H](C(=O)NN)c1ccccc1. The fourth-order valence-electron chi connectivity index (χ4n) is 1.10. The fraction of sp³-hybridized carbons (Fsp3) is 0.222. The van der Waals surface area contributed by atoms with Crippen LogP contribution in [0.3, 0.4) is 0 Å². The van der Waals surface area contributed by atoms with Crippen LogP contribution in [0.5, 0.6) is 0 Å². The number of amides is 1. The summed E-state index contributed by atoms with van der Waals surface area (Å²) in [6, 6.07) is 9.17. The molecule has 0 aliphatic carbocycles. The number of nitrogens with two attached hydrogens (primary N) is 1. The molecule has 70 valence electrons. The van der Waals surface area contributed by atoms with E-state index in [0.29, 0.717) is 0 Å². The second-order valence-corrected chi connectivity index (χ2v) is 2.54. The van der Waals surface area contributed by atoms with Crippen molar-refractivity contribution in [2.75, 3.05) is 7.11 Å². The molecule has 0 aliphatic rings. The zero-order chi connectivity index (χ0) is 9.68. The molecular weight excluding hydrogens is 168 g/mol. The molecule has 0 heterocycles. The van der Waals surface area contributed by atoms with Gasteiger partial charge in [0, 0.05) is 7.11 Å². The lowest BCUT2D eigenvalue weighted by Gasteiger charge is -2.12. The van der Waals surface area contributed by atoms with Crippen molar-refractivity contribution in [3.63, 3.8) is 0 Å². The van der Waals surface area contributed by atoms with Crippen molar-refractivity contribution < 1.29 is 9.53 Å². The molecule has 4 heteroatoms. The molecule has 1 amide bonds. The Hall–Kier alpha value is -1.39. The third-order valence-corrected chi connectivity index (χ3v) is 1.72. The molecule has 1 aromatic carbocycles. The number of benzene rings is 1. The number of carbonyl (C=O) groups is 1. The third kappa shape index (κ3) is 2.27. The second-order valence-electron chi connectivity index (χ2n) is 2.54. The van der Waals surface area contributed by atoms with Gasteiger partial charge in [0.15, 0.2) is 6.10 Å². The lowest BCUT2D eigenvalue weighted by atomic mass is 10.1. The first-order valence-corrected chi connectivity index (χ1v) is 3.87. The Labute approximate surface area is 76.7 Å². The van der Waals surface area contributed by atoms with Gasteiger partial charge in [0.2, 0.25) is 0 Å². The Balaban J connectivity index is 2.85. The van der Waals surface area contributed by atoms with Gasteiger partial charge in [0.05, 0.1) is 0 Å². The number of hydrazine groups is 1. The number of hydrogen-bond acceptors (Lipinski definition) is 3. The minimum atomic E-state index is -0.633. The van der Waals surface area contributed by atoms with Crippen molar-refractivity contribution in [3.05, 3.63) is 35.9 Å². The molecule has 0 radical (unpaired) electrons. The normalized spacial score (nSPS) is 12.2. The fourth-order valence-corrected chi connectivity index (χ4v) is 1.10. The summed E-state index contributed by atoms with van der Waals surface area (Å²) in [5, 5.41) is 0. The van der Waals surface area contributed by atoms with Crippen molar-refractivity contribution in [1.82, 2.24) is 5.43 Å². The molecule has 0 aliphatic heterocycles. The number of rotatable bonds is 3. The van der Waals surface area contributed by atoms with Crippen LogP contribution in [0.25, 0.3) is 0 Å². The number of nitrogens with one attached hydrogen (secondary N) is 1. The van der Waals surface area contributed by atoms with Crippen LogP contribution in [0.2, 0.25) is 0 Å². The van der Waals surface area contributed by atoms with E-state index in [2.05, 4.69) is 5.43 Å². The van der Waals surface area contributed by atoms with Crippen LogP contribution in [0.15, 0.2) is 30.3 Å². The van der Waals surface area contributed by atoms with E-state index in [4.69, 9.17) is 10.6 Å². The van der Waals surface area contributed by atoms with Gasteiger partial charge in [-0.1, -0.05) is 30.3 Å². The predicted molar refractivity (Wildman–Crippen MR) is 48.5 cm³/mol. The molecule has 1 atom stereocenters. The molecule has 1 aromatic rings. The standard InChI is InChI=1S/C9H12N2O2/c1-13-8(9(12)11-10)7-5-3-2-4-6-7/h2-6,8H,10H2,1H3,(H,11,12)/t8-/m0/s1. The van der Waals surface area contributed by atoms with E-state index >= 15 is 0 Å². The van der Waals surface area contributed by atoms with Crippen molar-refractivity contribution in [1.29, 1.82) is 0 Å². The maximum absolute atomic E-state index is 11.2. The quantitative estimate of drug-likeness (QED) is 0.401. The first-order chi connectivity index (χ1) is 6.29. The van der Waals surface area contributed by atoms with Crippen molar-refractivity contribution >= 4 is 5.91 Å². The molecule has 0 aromatic heterocycles. The number of methoxy groups -OCH3 is 1. The van der Waals surface area contributed by atoms with Gasteiger partial charge < -0.3 is 4.74 Å². The van der Waals surface area contributed by atoms with Crippen LogP contribution >= 0.6 is 0 Å². The molecule has 4 nitrogen and oxygen atoms in total. The average Bonchev–Trinajstić information content (AvgIpc) is 2.20.